The van der Waals surface area contributed by atoms with Crippen LogP contribution in [0.1, 0.15) is 54.9 Å². The van der Waals surface area contributed by atoms with Gasteiger partial charge in [0, 0.05) is 23.7 Å². The van der Waals surface area contributed by atoms with Gasteiger partial charge >= 0.3 is 6.18 Å². The lowest BCUT2D eigenvalue weighted by Gasteiger charge is -2.29. The molecule has 1 saturated carbocycles. The number of carbonyl (C=O) groups excluding carboxylic acids is 2. The summed E-state index contributed by atoms with van der Waals surface area (Å²) in [4.78, 5) is 32.1. The van der Waals surface area contributed by atoms with Gasteiger partial charge in [-0.15, -0.1) is 0 Å². The molecule has 0 radical (unpaired) electrons. The number of hydrogen-bond donors (Lipinski definition) is 2. The maximum Gasteiger partial charge on any atom is 0.433 e. The van der Waals surface area contributed by atoms with E-state index in [4.69, 9.17) is 5.73 Å². The highest BCUT2D eigenvalue weighted by Gasteiger charge is 2.42. The van der Waals surface area contributed by atoms with Crippen molar-refractivity contribution in [3.05, 3.63) is 22.8 Å². The number of nitrogens with two attached hydrogens (primary N) is 1. The summed E-state index contributed by atoms with van der Waals surface area (Å²) in [5.74, 6) is -1.30. The monoisotopic (exact) mass is 384 g/mol. The van der Waals surface area contributed by atoms with Crippen LogP contribution >= 0.6 is 0 Å². The first-order chi connectivity index (χ1) is 12.6. The van der Waals surface area contributed by atoms with Gasteiger partial charge in [0.25, 0.3) is 0 Å². The van der Waals surface area contributed by atoms with Crippen molar-refractivity contribution in [2.24, 2.45) is 17.1 Å². The minimum atomic E-state index is -4.59. The van der Waals surface area contributed by atoms with Crippen molar-refractivity contribution >= 4 is 11.8 Å². The van der Waals surface area contributed by atoms with E-state index in [9.17, 15) is 22.8 Å². The van der Waals surface area contributed by atoms with Crippen LogP contribution in [0.15, 0.2) is 0 Å². The second-order valence-electron chi connectivity index (χ2n) is 7.55. The number of aryl methyl sites for hydroxylation is 2. The Kier molecular flexibility index (Phi) is 5.14. The predicted octanol–water partition coefficient (Wildman–Crippen LogP) is 2.07. The highest BCUT2D eigenvalue weighted by atomic mass is 19.4. The molecule has 148 valence electrons. The zero-order valence-electron chi connectivity index (χ0n) is 15.2. The molecule has 1 fully saturated rings. The van der Waals surface area contributed by atoms with Crippen molar-refractivity contribution in [2.75, 3.05) is 6.54 Å². The molecular formula is C18H23F3N4O2. The van der Waals surface area contributed by atoms with Crippen LogP contribution in [0, 0.1) is 18.3 Å². The maximum absolute atomic E-state index is 13.3. The Morgan fingerprint density at radius 2 is 1.93 bits per heavy atom. The van der Waals surface area contributed by atoms with Crippen LogP contribution in [0.2, 0.25) is 0 Å². The molecule has 1 aromatic heterocycles. The number of alkyl halides is 3. The molecule has 1 heterocycles. The van der Waals surface area contributed by atoms with Crippen molar-refractivity contribution < 1.29 is 22.8 Å². The molecule has 0 unspecified atom stereocenters. The van der Waals surface area contributed by atoms with Gasteiger partial charge in [0.05, 0.1) is 5.41 Å². The Hall–Kier alpha value is -2.19. The molecule has 0 aliphatic heterocycles. The summed E-state index contributed by atoms with van der Waals surface area (Å²) < 4.78 is 40.0. The summed E-state index contributed by atoms with van der Waals surface area (Å²) in [5, 5.41) is 2.76. The Morgan fingerprint density at radius 1 is 1.26 bits per heavy atom. The summed E-state index contributed by atoms with van der Waals surface area (Å²) in [7, 11) is 0. The topological polar surface area (TPSA) is 98.0 Å². The number of carbonyl (C=O) groups is 2. The number of amides is 2. The number of primary amides is 1. The van der Waals surface area contributed by atoms with Gasteiger partial charge in [0.15, 0.2) is 5.69 Å². The van der Waals surface area contributed by atoms with Crippen molar-refractivity contribution in [3.8, 4) is 0 Å². The normalized spacial score (nSPS) is 21.6. The van der Waals surface area contributed by atoms with Gasteiger partial charge in [0.2, 0.25) is 11.8 Å². The lowest BCUT2D eigenvalue weighted by molar-refractivity contribution is -0.142. The van der Waals surface area contributed by atoms with E-state index in [2.05, 4.69) is 15.3 Å². The predicted molar refractivity (Wildman–Crippen MR) is 90.4 cm³/mol. The lowest BCUT2D eigenvalue weighted by Crippen LogP contribution is -2.46. The molecule has 9 heteroatoms. The van der Waals surface area contributed by atoms with Crippen molar-refractivity contribution in [3.63, 3.8) is 0 Å². The van der Waals surface area contributed by atoms with Crippen LogP contribution in [-0.4, -0.2) is 28.3 Å². The average Bonchev–Trinajstić information content (AvgIpc) is 3.08. The fraction of sp³-hybridized carbons (Fsp3) is 0.667. The molecule has 0 aromatic carbocycles. The minimum Gasteiger partial charge on any atom is -0.369 e. The van der Waals surface area contributed by atoms with E-state index in [0.717, 1.165) is 12.8 Å². The Morgan fingerprint density at radius 3 is 2.52 bits per heavy atom. The zero-order chi connectivity index (χ0) is 19.8. The third-order valence-electron chi connectivity index (χ3n) is 5.71. The van der Waals surface area contributed by atoms with E-state index in [1.54, 1.807) is 0 Å². The van der Waals surface area contributed by atoms with Crippen molar-refractivity contribution in [1.82, 2.24) is 15.3 Å². The quantitative estimate of drug-likeness (QED) is 0.830. The molecule has 1 atom stereocenters. The molecule has 27 heavy (non-hydrogen) atoms. The molecule has 3 rings (SSSR count). The van der Waals surface area contributed by atoms with Gasteiger partial charge < -0.3 is 11.1 Å². The fourth-order valence-corrected chi connectivity index (χ4v) is 4.16. The van der Waals surface area contributed by atoms with Gasteiger partial charge in [0.1, 0.15) is 5.82 Å². The highest BCUT2D eigenvalue weighted by Crippen LogP contribution is 2.38. The zero-order valence-corrected chi connectivity index (χ0v) is 15.2. The Balaban J connectivity index is 1.74. The number of rotatable bonds is 4. The van der Waals surface area contributed by atoms with Gasteiger partial charge in [-0.3, -0.25) is 9.59 Å². The third kappa shape index (κ3) is 3.91. The average molecular weight is 384 g/mol. The van der Waals surface area contributed by atoms with Crippen molar-refractivity contribution in [1.29, 1.82) is 0 Å². The number of aromatic nitrogens is 2. The van der Waals surface area contributed by atoms with Gasteiger partial charge in [-0.25, -0.2) is 9.97 Å². The Labute approximate surface area is 155 Å². The minimum absolute atomic E-state index is 0.00461. The van der Waals surface area contributed by atoms with Crippen LogP contribution in [-0.2, 0) is 28.6 Å². The molecule has 0 saturated heterocycles. The van der Waals surface area contributed by atoms with E-state index >= 15 is 0 Å². The second kappa shape index (κ2) is 7.09. The summed E-state index contributed by atoms with van der Waals surface area (Å²) in [5.41, 5.74) is 4.19. The van der Waals surface area contributed by atoms with E-state index in [1.807, 2.05) is 0 Å². The molecular weight excluding hydrogens is 361 g/mol. The number of nitrogens with zero attached hydrogens (tertiary/aromatic N) is 2. The molecule has 1 aromatic rings. The first-order valence-electron chi connectivity index (χ1n) is 9.13. The molecule has 2 aliphatic carbocycles. The smallest absolute Gasteiger partial charge is 0.369 e. The summed E-state index contributed by atoms with van der Waals surface area (Å²) in [6, 6.07) is 0. The third-order valence-corrected chi connectivity index (χ3v) is 5.71. The SMILES string of the molecule is Cc1nc2c(c(C(F)(F)F)n1)C[C@H](C(=O)NCC1(C(N)=O)CCCC1)CC2. The number of nitrogens with one attached hydrogen (secondary N) is 1. The number of fused-ring (bicyclic) bond motifs is 1. The standard InChI is InChI=1S/C18H23F3N4O2/c1-10-24-13-5-4-11(8-12(13)14(25-10)18(19,20)21)15(26)23-9-17(16(22)27)6-2-3-7-17/h11H,2-9H2,1H3,(H2,22,27)(H,23,26)/t11-/m1/s1. The van der Waals surface area contributed by atoms with Gasteiger partial charge in [-0.1, -0.05) is 12.8 Å². The number of halogens is 3. The van der Waals surface area contributed by atoms with Gasteiger partial charge in [-0.2, -0.15) is 13.2 Å². The van der Waals surface area contributed by atoms with Crippen molar-refractivity contribution in [2.45, 2.75) is 58.0 Å². The van der Waals surface area contributed by atoms with E-state index < -0.39 is 29.1 Å². The van der Waals surface area contributed by atoms with Crippen LogP contribution in [0.5, 0.6) is 0 Å². The van der Waals surface area contributed by atoms with Crippen LogP contribution in [0.3, 0.4) is 0 Å². The fourth-order valence-electron chi connectivity index (χ4n) is 4.16. The molecule has 0 spiro atoms. The summed E-state index contributed by atoms with van der Waals surface area (Å²) in [6.07, 6.45) is -0.932. The van der Waals surface area contributed by atoms with Crippen LogP contribution in [0.25, 0.3) is 0 Å². The first-order valence-corrected chi connectivity index (χ1v) is 9.13. The molecule has 3 N–H and O–H groups in total. The second-order valence-corrected chi connectivity index (χ2v) is 7.55. The summed E-state index contributed by atoms with van der Waals surface area (Å²) in [6.45, 7) is 1.57. The van der Waals surface area contributed by atoms with E-state index in [-0.39, 0.29) is 30.3 Å². The first kappa shape index (κ1) is 19.6. The van der Waals surface area contributed by atoms with Gasteiger partial charge in [-0.05, 0) is 39.0 Å². The molecule has 2 aliphatic rings. The van der Waals surface area contributed by atoms with E-state index in [0.29, 0.717) is 31.4 Å². The van der Waals surface area contributed by atoms with Crippen LogP contribution in [0.4, 0.5) is 13.2 Å². The molecule has 6 nitrogen and oxygen atoms in total. The largest absolute Gasteiger partial charge is 0.433 e. The lowest BCUT2D eigenvalue weighted by atomic mass is 9.83. The molecule has 2 amide bonds. The highest BCUT2D eigenvalue weighted by molar-refractivity contribution is 5.84. The molecule has 0 bridgehead atoms. The summed E-state index contributed by atoms with van der Waals surface area (Å²) >= 11 is 0. The maximum atomic E-state index is 13.3. The van der Waals surface area contributed by atoms with E-state index in [1.165, 1.54) is 6.92 Å². The Bertz CT molecular complexity index is 758. The number of hydrogen-bond acceptors (Lipinski definition) is 4. The van der Waals surface area contributed by atoms with Crippen LogP contribution < -0.4 is 11.1 Å².